The number of ether oxygens (including phenoxy) is 1. The molecule has 1 aromatic heterocycles. The van der Waals surface area contributed by atoms with Crippen LogP contribution in [0.4, 0.5) is 0 Å². The number of hydrogen-bond donors (Lipinski definition) is 2. The monoisotopic (exact) mass is 295 g/mol. The minimum Gasteiger partial charge on any atom is -0.479 e. The Morgan fingerprint density at radius 2 is 2.25 bits per heavy atom. The quantitative estimate of drug-likeness (QED) is 0.884. The highest BCUT2D eigenvalue weighted by molar-refractivity contribution is 7.14. The first kappa shape index (κ1) is 13.6. The predicted octanol–water partition coefficient (Wildman–Crippen LogP) is 1.60. The first-order valence-corrected chi connectivity index (χ1v) is 7.73. The molecule has 2 atom stereocenters. The molecule has 5 nitrogen and oxygen atoms in total. The largest absolute Gasteiger partial charge is 0.479 e. The standard InChI is InChI=1S/C14H17NO4S/c16-13(12-6-8-2-1-3-11(8)20-12)15-7-9-4-5-10(19-9)14(17)18/h6,9-10H,1-5,7H2,(H,15,16)(H,17,18). The average molecular weight is 295 g/mol. The molecule has 1 saturated heterocycles. The van der Waals surface area contributed by atoms with Gasteiger partial charge < -0.3 is 15.2 Å². The molecule has 6 heteroatoms. The van der Waals surface area contributed by atoms with Gasteiger partial charge in [0.15, 0.2) is 6.10 Å². The lowest BCUT2D eigenvalue weighted by molar-refractivity contribution is -0.149. The Kier molecular flexibility index (Phi) is 3.76. The summed E-state index contributed by atoms with van der Waals surface area (Å²) in [5.41, 5.74) is 1.31. The Labute approximate surface area is 120 Å². The molecule has 2 N–H and O–H groups in total. The second kappa shape index (κ2) is 5.54. The lowest BCUT2D eigenvalue weighted by Gasteiger charge is -2.11. The van der Waals surface area contributed by atoms with Crippen LogP contribution in [-0.2, 0) is 22.4 Å². The number of fused-ring (bicyclic) bond motifs is 1. The van der Waals surface area contributed by atoms with Crippen molar-refractivity contribution >= 4 is 23.2 Å². The van der Waals surface area contributed by atoms with Crippen molar-refractivity contribution in [2.75, 3.05) is 6.54 Å². The van der Waals surface area contributed by atoms with Crippen molar-refractivity contribution in [1.29, 1.82) is 0 Å². The highest BCUT2D eigenvalue weighted by Crippen LogP contribution is 2.30. The Morgan fingerprint density at radius 3 is 2.95 bits per heavy atom. The molecule has 2 aliphatic rings. The SMILES string of the molecule is O=C(NCC1CCC(C(=O)O)O1)c1cc2c(s1)CCC2. The molecule has 1 aliphatic heterocycles. The van der Waals surface area contributed by atoms with Gasteiger partial charge in [-0.2, -0.15) is 0 Å². The van der Waals surface area contributed by atoms with E-state index in [1.807, 2.05) is 6.07 Å². The van der Waals surface area contributed by atoms with Gasteiger partial charge in [-0.25, -0.2) is 4.79 Å². The number of carbonyl (C=O) groups is 2. The van der Waals surface area contributed by atoms with Gasteiger partial charge in [0.25, 0.3) is 5.91 Å². The Morgan fingerprint density at radius 1 is 1.40 bits per heavy atom. The zero-order valence-electron chi connectivity index (χ0n) is 11.1. The van der Waals surface area contributed by atoms with Crippen LogP contribution < -0.4 is 5.32 Å². The van der Waals surface area contributed by atoms with E-state index in [1.165, 1.54) is 16.9 Å². The molecule has 108 valence electrons. The molecule has 1 fully saturated rings. The number of aliphatic carboxylic acids is 1. The van der Waals surface area contributed by atoms with Gasteiger partial charge in [0.1, 0.15) is 0 Å². The van der Waals surface area contributed by atoms with Gasteiger partial charge in [-0.1, -0.05) is 0 Å². The van der Waals surface area contributed by atoms with Gasteiger partial charge in [0, 0.05) is 11.4 Å². The molecular formula is C14H17NO4S. The number of nitrogens with one attached hydrogen (secondary N) is 1. The average Bonchev–Trinajstić information content (AvgIpc) is 3.10. The highest BCUT2D eigenvalue weighted by atomic mass is 32.1. The number of rotatable bonds is 4. The number of carbonyl (C=O) groups excluding carboxylic acids is 1. The van der Waals surface area contributed by atoms with E-state index < -0.39 is 12.1 Å². The van der Waals surface area contributed by atoms with Crippen molar-refractivity contribution in [1.82, 2.24) is 5.32 Å². The lowest BCUT2D eigenvalue weighted by atomic mass is 10.2. The van der Waals surface area contributed by atoms with E-state index >= 15 is 0 Å². The maximum Gasteiger partial charge on any atom is 0.332 e. The normalized spacial score (nSPS) is 24.6. The van der Waals surface area contributed by atoms with Crippen LogP contribution in [0.1, 0.15) is 39.4 Å². The molecule has 2 heterocycles. The fourth-order valence-electron chi connectivity index (χ4n) is 2.77. The van der Waals surface area contributed by atoms with Crippen molar-refractivity contribution in [3.8, 4) is 0 Å². The number of carboxylic acid groups (broad SMARTS) is 1. The Balaban J connectivity index is 1.51. The molecule has 3 rings (SSSR count). The number of amides is 1. The Hall–Kier alpha value is -1.40. The second-order valence-corrected chi connectivity index (χ2v) is 6.42. The van der Waals surface area contributed by atoms with Gasteiger partial charge in [0.05, 0.1) is 11.0 Å². The van der Waals surface area contributed by atoms with E-state index in [1.54, 1.807) is 11.3 Å². The summed E-state index contributed by atoms with van der Waals surface area (Å²) in [7, 11) is 0. The topological polar surface area (TPSA) is 75.6 Å². The summed E-state index contributed by atoms with van der Waals surface area (Å²) < 4.78 is 5.36. The van der Waals surface area contributed by atoms with E-state index in [2.05, 4.69) is 5.32 Å². The summed E-state index contributed by atoms with van der Waals surface area (Å²) in [6, 6.07) is 1.98. The molecular weight excluding hydrogens is 278 g/mol. The molecule has 0 spiro atoms. The van der Waals surface area contributed by atoms with Crippen LogP contribution in [0.2, 0.25) is 0 Å². The minimum absolute atomic E-state index is 0.0771. The van der Waals surface area contributed by atoms with Crippen molar-refractivity contribution < 1.29 is 19.4 Å². The summed E-state index contributed by atoms with van der Waals surface area (Å²) in [4.78, 5) is 24.9. The molecule has 1 amide bonds. The number of thiophene rings is 1. The summed E-state index contributed by atoms with van der Waals surface area (Å²) in [5, 5.41) is 11.7. The van der Waals surface area contributed by atoms with Crippen LogP contribution in [0.5, 0.6) is 0 Å². The van der Waals surface area contributed by atoms with E-state index in [4.69, 9.17) is 9.84 Å². The summed E-state index contributed by atoms with van der Waals surface area (Å²) in [6.45, 7) is 0.380. The predicted molar refractivity (Wildman–Crippen MR) is 74.2 cm³/mol. The molecule has 0 bridgehead atoms. The van der Waals surface area contributed by atoms with E-state index in [9.17, 15) is 9.59 Å². The van der Waals surface area contributed by atoms with Crippen LogP contribution in [0.15, 0.2) is 6.07 Å². The van der Waals surface area contributed by atoms with E-state index in [0.717, 1.165) is 17.7 Å². The van der Waals surface area contributed by atoms with Crippen LogP contribution in [0.3, 0.4) is 0 Å². The van der Waals surface area contributed by atoms with Crippen LogP contribution in [0.25, 0.3) is 0 Å². The zero-order chi connectivity index (χ0) is 14.1. The van der Waals surface area contributed by atoms with Crippen LogP contribution in [-0.4, -0.2) is 35.7 Å². The number of aryl methyl sites for hydroxylation is 2. The number of carboxylic acids is 1. The fourth-order valence-corrected chi connectivity index (χ4v) is 3.94. The van der Waals surface area contributed by atoms with Gasteiger partial charge in [-0.3, -0.25) is 4.79 Å². The molecule has 0 saturated carbocycles. The van der Waals surface area contributed by atoms with Gasteiger partial charge >= 0.3 is 5.97 Å². The first-order chi connectivity index (χ1) is 9.63. The maximum absolute atomic E-state index is 12.0. The summed E-state index contributed by atoms with van der Waals surface area (Å²) >= 11 is 1.57. The summed E-state index contributed by atoms with van der Waals surface area (Å²) in [5.74, 6) is -1.000. The maximum atomic E-state index is 12.0. The van der Waals surface area contributed by atoms with Crippen molar-refractivity contribution in [2.24, 2.45) is 0 Å². The summed E-state index contributed by atoms with van der Waals surface area (Å²) in [6.07, 6.45) is 3.63. The van der Waals surface area contributed by atoms with Crippen molar-refractivity contribution in [3.63, 3.8) is 0 Å². The van der Waals surface area contributed by atoms with Gasteiger partial charge in [-0.15, -0.1) is 11.3 Å². The zero-order valence-corrected chi connectivity index (χ0v) is 11.9. The Bertz CT molecular complexity index is 518. The third-order valence-corrected chi connectivity index (χ3v) is 5.08. The third kappa shape index (κ3) is 2.71. The number of hydrogen-bond acceptors (Lipinski definition) is 4. The highest BCUT2D eigenvalue weighted by Gasteiger charge is 2.30. The first-order valence-electron chi connectivity index (χ1n) is 6.91. The van der Waals surface area contributed by atoms with Crippen molar-refractivity contribution in [3.05, 3.63) is 21.4 Å². The van der Waals surface area contributed by atoms with Crippen LogP contribution >= 0.6 is 11.3 Å². The lowest BCUT2D eigenvalue weighted by Crippen LogP contribution is -2.32. The third-order valence-electron chi connectivity index (χ3n) is 3.84. The fraction of sp³-hybridized carbons (Fsp3) is 0.571. The molecule has 2 unspecified atom stereocenters. The van der Waals surface area contributed by atoms with Crippen LogP contribution in [0, 0.1) is 0 Å². The molecule has 0 radical (unpaired) electrons. The van der Waals surface area contributed by atoms with E-state index in [-0.39, 0.29) is 12.0 Å². The molecule has 1 aromatic rings. The second-order valence-electron chi connectivity index (χ2n) is 5.28. The van der Waals surface area contributed by atoms with Gasteiger partial charge in [-0.05, 0) is 43.7 Å². The van der Waals surface area contributed by atoms with Gasteiger partial charge in [0.2, 0.25) is 0 Å². The minimum atomic E-state index is -0.923. The van der Waals surface area contributed by atoms with Crippen molar-refractivity contribution in [2.45, 2.75) is 44.3 Å². The molecule has 20 heavy (non-hydrogen) atoms. The molecule has 0 aromatic carbocycles. The smallest absolute Gasteiger partial charge is 0.332 e. The van der Waals surface area contributed by atoms with E-state index in [0.29, 0.717) is 19.4 Å². The molecule has 1 aliphatic carbocycles.